The zero-order valence-corrected chi connectivity index (χ0v) is 28.2. The lowest BCUT2D eigenvalue weighted by Gasteiger charge is -2.41. The van der Waals surface area contributed by atoms with Crippen LogP contribution in [0.1, 0.15) is 122 Å². The topological polar surface area (TPSA) is 92.8 Å². The molecular weight excluding hydrogens is 749 g/mol. The van der Waals surface area contributed by atoms with Crippen molar-refractivity contribution in [2.75, 3.05) is 6.54 Å². The molecule has 0 aromatic carbocycles. The molecule has 0 saturated heterocycles. The molecule has 1 atom stereocenters. The molecule has 0 aromatic heterocycles. The third kappa shape index (κ3) is 16.3. The van der Waals surface area contributed by atoms with Crippen molar-refractivity contribution >= 4 is 7.82 Å². The Balaban J connectivity index is 0. The molecular formula is C28H46F16NO4P. The van der Waals surface area contributed by atoms with Crippen molar-refractivity contribution in [1.29, 1.82) is 0 Å². The Morgan fingerprint density at radius 1 is 0.560 bits per heavy atom. The number of nitrogens with two attached hydrogens (primary N) is 1. The fraction of sp³-hybridized carbons (Fsp3) is 1.00. The molecule has 5 nitrogen and oxygen atoms in total. The Bertz CT molecular complexity index is 948. The van der Waals surface area contributed by atoms with Gasteiger partial charge in [0.2, 0.25) is 0 Å². The minimum absolute atomic E-state index is 0.873. The highest BCUT2D eigenvalue weighted by molar-refractivity contribution is 7.46. The van der Waals surface area contributed by atoms with Crippen LogP contribution >= 0.6 is 7.82 Å². The van der Waals surface area contributed by atoms with Gasteiger partial charge in [0, 0.05) is 6.42 Å². The second-order valence-corrected chi connectivity index (χ2v) is 12.9. The molecule has 0 bridgehead atoms. The van der Waals surface area contributed by atoms with Gasteiger partial charge in [-0.3, -0.25) is 0 Å². The average molecular weight is 796 g/mol. The van der Waals surface area contributed by atoms with Gasteiger partial charge in [-0.15, -0.1) is 0 Å². The van der Waals surface area contributed by atoms with E-state index in [1.165, 1.54) is 103 Å². The van der Waals surface area contributed by atoms with Gasteiger partial charge in [-0.05, 0) is 19.4 Å². The van der Waals surface area contributed by atoms with E-state index in [9.17, 15) is 74.8 Å². The van der Waals surface area contributed by atoms with Gasteiger partial charge in [0.15, 0.2) is 6.17 Å². The molecule has 1 unspecified atom stereocenters. The van der Waals surface area contributed by atoms with Crippen molar-refractivity contribution in [2.24, 2.45) is 5.73 Å². The number of hydrogen-bond acceptors (Lipinski definition) is 3. The first-order valence-electron chi connectivity index (χ1n) is 15.9. The van der Waals surface area contributed by atoms with E-state index in [-0.39, 0.29) is 0 Å². The fourth-order valence-electron chi connectivity index (χ4n) is 4.35. The van der Waals surface area contributed by atoms with Gasteiger partial charge in [-0.1, -0.05) is 103 Å². The predicted molar refractivity (Wildman–Crippen MR) is 152 cm³/mol. The maximum absolute atomic E-state index is 13.3. The largest absolute Gasteiger partial charge is 0.474 e. The summed E-state index contributed by atoms with van der Waals surface area (Å²) in [5, 5.41) is 0. The first-order chi connectivity index (χ1) is 22.5. The van der Waals surface area contributed by atoms with Gasteiger partial charge in [0.1, 0.15) is 0 Å². The molecule has 22 heteroatoms. The first-order valence-corrected chi connectivity index (χ1v) is 17.5. The number of phosphoric ester groups is 1. The lowest BCUT2D eigenvalue weighted by Crippen LogP contribution is -2.72. The van der Waals surface area contributed by atoms with E-state index in [0.717, 1.165) is 6.54 Å². The van der Waals surface area contributed by atoms with Crippen molar-refractivity contribution in [3.05, 3.63) is 0 Å². The van der Waals surface area contributed by atoms with Crippen LogP contribution in [-0.4, -0.2) is 64.4 Å². The van der Waals surface area contributed by atoms with Crippen LogP contribution in [0.2, 0.25) is 0 Å². The molecule has 0 aliphatic rings. The molecule has 0 amide bonds. The highest BCUT2D eigenvalue weighted by atomic mass is 31.2. The summed E-state index contributed by atoms with van der Waals surface area (Å²) in [4.78, 5) is 15.8. The summed E-state index contributed by atoms with van der Waals surface area (Å²) in [5.74, 6) is -40.1. The molecule has 50 heavy (non-hydrogen) atoms. The molecule has 4 N–H and O–H groups in total. The maximum Gasteiger partial charge on any atom is 0.474 e. The minimum atomic E-state index is -8.35. The van der Waals surface area contributed by atoms with E-state index in [2.05, 4.69) is 6.92 Å². The summed E-state index contributed by atoms with van der Waals surface area (Å²) >= 11 is 0. The summed E-state index contributed by atoms with van der Waals surface area (Å²) in [6.07, 6.45) is -0.598. The lowest BCUT2D eigenvalue weighted by atomic mass is 9.90. The molecule has 0 heterocycles. The van der Waals surface area contributed by atoms with E-state index in [1.807, 2.05) is 4.52 Å². The van der Waals surface area contributed by atoms with E-state index in [4.69, 9.17) is 15.5 Å². The smallest absolute Gasteiger partial charge is 0.330 e. The SMILES string of the molecule is CCCCCCCCCCCCCCCCCCN.O=P(O)(O)OC(F)(F)C(F)(F)C(F)(F)C(F)(F)C(F)(F)C(F)(F)C(F)CCC(F)(F)F. The molecule has 0 aliphatic heterocycles. The summed E-state index contributed by atoms with van der Waals surface area (Å²) < 4.78 is 219. The number of phosphoric acid groups is 1. The Hall–Kier alpha value is -1.05. The first kappa shape index (κ1) is 51.1. The number of rotatable bonds is 26. The van der Waals surface area contributed by atoms with Gasteiger partial charge in [-0.2, -0.15) is 65.9 Å². The molecule has 0 saturated carbocycles. The van der Waals surface area contributed by atoms with E-state index in [1.54, 1.807) is 0 Å². The molecule has 0 rings (SSSR count). The summed E-state index contributed by atoms with van der Waals surface area (Å²) in [5.41, 5.74) is 5.48. The quantitative estimate of drug-likeness (QED) is 0.0461. The van der Waals surface area contributed by atoms with Gasteiger partial charge in [0.25, 0.3) is 0 Å². The fourth-order valence-corrected chi connectivity index (χ4v) is 4.77. The van der Waals surface area contributed by atoms with Crippen LogP contribution in [0, 0.1) is 0 Å². The van der Waals surface area contributed by atoms with Crippen molar-refractivity contribution in [3.63, 3.8) is 0 Å². The van der Waals surface area contributed by atoms with Gasteiger partial charge in [0.05, 0.1) is 0 Å². The second kappa shape index (κ2) is 21.6. The van der Waals surface area contributed by atoms with Crippen LogP contribution < -0.4 is 5.73 Å². The van der Waals surface area contributed by atoms with Crippen LogP contribution in [-0.2, 0) is 9.09 Å². The van der Waals surface area contributed by atoms with E-state index >= 15 is 0 Å². The Morgan fingerprint density at radius 3 is 1.18 bits per heavy atom. The molecule has 0 aliphatic carbocycles. The molecule has 0 aromatic rings. The van der Waals surface area contributed by atoms with Gasteiger partial charge < -0.3 is 15.5 Å². The number of hydrogen-bond donors (Lipinski definition) is 3. The van der Waals surface area contributed by atoms with Crippen molar-refractivity contribution in [1.82, 2.24) is 0 Å². The van der Waals surface area contributed by atoms with Crippen LogP contribution in [0.3, 0.4) is 0 Å². The Labute approximate surface area is 280 Å². The third-order valence-corrected chi connectivity index (χ3v) is 7.80. The van der Waals surface area contributed by atoms with Crippen molar-refractivity contribution in [2.45, 2.75) is 171 Å². The van der Waals surface area contributed by atoms with Crippen LogP contribution in [0.25, 0.3) is 0 Å². The maximum atomic E-state index is 13.3. The monoisotopic (exact) mass is 795 g/mol. The Morgan fingerprint density at radius 2 is 0.880 bits per heavy atom. The zero-order chi connectivity index (χ0) is 39.7. The predicted octanol–water partition coefficient (Wildman–Crippen LogP) is 11.8. The average Bonchev–Trinajstić information content (AvgIpc) is 2.96. The van der Waals surface area contributed by atoms with Crippen LogP contribution in [0.5, 0.6) is 0 Å². The zero-order valence-electron chi connectivity index (χ0n) is 27.3. The Kier molecular flexibility index (Phi) is 22.1. The van der Waals surface area contributed by atoms with Crippen LogP contribution in [0.4, 0.5) is 70.2 Å². The molecule has 0 fully saturated rings. The highest BCUT2D eigenvalue weighted by Gasteiger charge is 2.91. The number of halogens is 16. The summed E-state index contributed by atoms with van der Waals surface area (Å²) in [6.45, 7) is 3.16. The lowest BCUT2D eigenvalue weighted by molar-refractivity contribution is -0.450. The third-order valence-electron chi connectivity index (χ3n) is 7.33. The van der Waals surface area contributed by atoms with Crippen molar-refractivity contribution in [3.8, 4) is 0 Å². The molecule has 304 valence electrons. The van der Waals surface area contributed by atoms with Crippen LogP contribution in [0.15, 0.2) is 0 Å². The standard InChI is InChI=1S/C18H39N.C10H7F16O4P/c1-2-3-4-5-6-7-8-9-10-11-12-13-14-15-16-17-18-19;11-3(1-2-4(12,13)14)5(15,16)6(17,18)7(19,20)8(21,22)9(23,24)10(25,26)30-31(27,28)29/h2-19H2,1H3;3H,1-2H2,(H2,27,28,29). The van der Waals surface area contributed by atoms with Gasteiger partial charge >= 0.3 is 49.7 Å². The van der Waals surface area contributed by atoms with E-state index < -0.39 is 68.7 Å². The molecule has 0 spiro atoms. The van der Waals surface area contributed by atoms with Crippen molar-refractivity contribution < 1.29 is 89.1 Å². The normalized spacial score (nSPS) is 14.8. The highest BCUT2D eigenvalue weighted by Crippen LogP contribution is 2.62. The number of alkyl halides is 16. The van der Waals surface area contributed by atoms with Gasteiger partial charge in [-0.25, -0.2) is 13.5 Å². The minimum Gasteiger partial charge on any atom is -0.330 e. The van der Waals surface area contributed by atoms with E-state index in [0.29, 0.717) is 0 Å². The molecule has 0 radical (unpaired) electrons. The second-order valence-electron chi connectivity index (χ2n) is 11.7. The number of unbranched alkanes of at least 4 members (excludes halogenated alkanes) is 15. The summed E-state index contributed by atoms with van der Waals surface area (Å²) in [7, 11) is -6.93. The summed E-state index contributed by atoms with van der Waals surface area (Å²) in [6, 6.07) is 0.